The highest BCUT2D eigenvalue weighted by molar-refractivity contribution is 7.10. The molecule has 1 aromatic heterocycles. The van der Waals surface area contributed by atoms with Crippen molar-refractivity contribution in [3.05, 3.63) is 51.7 Å². The first-order chi connectivity index (χ1) is 12.0. The third-order valence-corrected chi connectivity index (χ3v) is 5.33. The van der Waals surface area contributed by atoms with Crippen molar-refractivity contribution < 1.29 is 19.5 Å². The van der Waals surface area contributed by atoms with Gasteiger partial charge in [0.25, 0.3) is 5.91 Å². The number of rotatable bonds is 6. The molecule has 6 nitrogen and oxygen atoms in total. The summed E-state index contributed by atoms with van der Waals surface area (Å²) < 4.78 is 0. The Kier molecular flexibility index (Phi) is 4.85. The first kappa shape index (κ1) is 17.2. The Morgan fingerprint density at radius 3 is 2.52 bits per heavy atom. The number of hydrogen-bond acceptors (Lipinski definition) is 4. The monoisotopic (exact) mass is 358 g/mol. The maximum absolute atomic E-state index is 12.3. The van der Waals surface area contributed by atoms with Crippen LogP contribution < -0.4 is 10.6 Å². The number of carbonyl (C=O) groups excluding carboxylic acids is 2. The standard InChI is InChI=1S/C18H18N2O4S/c1-10-6-7-25-16(10)13-8-14(13)18(24)20-12-4-2-11(3-5-12)17(23)19-9-15(21)22/h2-7,13-14H,8-9H2,1H3,(H,19,23)(H,20,24)(H,21,22). The molecule has 2 amide bonds. The fourth-order valence-corrected chi connectivity index (χ4v) is 3.84. The molecular weight excluding hydrogens is 340 g/mol. The quantitative estimate of drug-likeness (QED) is 0.740. The van der Waals surface area contributed by atoms with Crippen LogP contribution in [0.5, 0.6) is 0 Å². The third kappa shape index (κ3) is 4.06. The molecule has 2 aromatic rings. The minimum absolute atomic E-state index is 0.00380. The molecule has 1 fully saturated rings. The van der Waals surface area contributed by atoms with E-state index in [1.54, 1.807) is 35.6 Å². The molecule has 130 valence electrons. The van der Waals surface area contributed by atoms with E-state index >= 15 is 0 Å². The van der Waals surface area contributed by atoms with Gasteiger partial charge in [-0.2, -0.15) is 0 Å². The highest BCUT2D eigenvalue weighted by Crippen LogP contribution is 2.50. The Labute approximate surface area is 148 Å². The van der Waals surface area contributed by atoms with E-state index in [0.717, 1.165) is 6.42 Å². The van der Waals surface area contributed by atoms with Gasteiger partial charge in [0.05, 0.1) is 0 Å². The second-order valence-corrected chi connectivity index (χ2v) is 7.01. The molecule has 1 saturated carbocycles. The molecule has 2 atom stereocenters. The van der Waals surface area contributed by atoms with Gasteiger partial charge in [0, 0.05) is 28.0 Å². The number of nitrogens with one attached hydrogen (secondary N) is 2. The van der Waals surface area contributed by atoms with Crippen LogP contribution in [-0.2, 0) is 9.59 Å². The lowest BCUT2D eigenvalue weighted by atomic mass is 10.1. The zero-order valence-corrected chi connectivity index (χ0v) is 14.4. The second-order valence-electron chi connectivity index (χ2n) is 6.06. The SMILES string of the molecule is Cc1ccsc1C1CC1C(=O)Nc1ccc(C(=O)NCC(=O)O)cc1. The van der Waals surface area contributed by atoms with Crippen molar-refractivity contribution >= 4 is 34.8 Å². The van der Waals surface area contributed by atoms with Crippen LogP contribution in [0.4, 0.5) is 5.69 Å². The van der Waals surface area contributed by atoms with Crippen molar-refractivity contribution in [2.24, 2.45) is 5.92 Å². The van der Waals surface area contributed by atoms with Crippen LogP contribution in [0.3, 0.4) is 0 Å². The number of aliphatic carboxylic acids is 1. The van der Waals surface area contributed by atoms with E-state index in [0.29, 0.717) is 17.2 Å². The molecule has 0 aliphatic heterocycles. The van der Waals surface area contributed by atoms with Gasteiger partial charge in [-0.05, 0) is 54.6 Å². The average molecular weight is 358 g/mol. The molecule has 0 saturated heterocycles. The van der Waals surface area contributed by atoms with Crippen molar-refractivity contribution in [1.29, 1.82) is 0 Å². The first-order valence-corrected chi connectivity index (χ1v) is 8.78. The molecule has 7 heteroatoms. The summed E-state index contributed by atoms with van der Waals surface area (Å²) in [5, 5.41) is 15.8. The molecule has 1 heterocycles. The van der Waals surface area contributed by atoms with Crippen LogP contribution in [0.1, 0.15) is 33.1 Å². The minimum Gasteiger partial charge on any atom is -0.480 e. The summed E-state index contributed by atoms with van der Waals surface area (Å²) in [4.78, 5) is 35.8. The predicted molar refractivity (Wildman–Crippen MR) is 94.9 cm³/mol. The maximum atomic E-state index is 12.3. The summed E-state index contributed by atoms with van der Waals surface area (Å²) >= 11 is 1.69. The average Bonchev–Trinajstić information content (AvgIpc) is 3.27. The van der Waals surface area contributed by atoms with Crippen LogP contribution in [-0.4, -0.2) is 29.4 Å². The van der Waals surface area contributed by atoms with E-state index in [4.69, 9.17) is 5.11 Å². The van der Waals surface area contributed by atoms with Crippen molar-refractivity contribution in [3.63, 3.8) is 0 Å². The van der Waals surface area contributed by atoms with E-state index in [-0.39, 0.29) is 11.8 Å². The number of benzene rings is 1. The number of aryl methyl sites for hydroxylation is 1. The molecule has 1 aliphatic rings. The molecule has 0 radical (unpaired) electrons. The van der Waals surface area contributed by atoms with E-state index in [2.05, 4.69) is 23.6 Å². The zero-order valence-electron chi connectivity index (χ0n) is 13.6. The van der Waals surface area contributed by atoms with Crippen LogP contribution >= 0.6 is 11.3 Å². The molecule has 3 N–H and O–H groups in total. The largest absolute Gasteiger partial charge is 0.480 e. The van der Waals surface area contributed by atoms with Gasteiger partial charge in [-0.15, -0.1) is 11.3 Å². The Morgan fingerprint density at radius 2 is 1.92 bits per heavy atom. The van der Waals surface area contributed by atoms with Crippen LogP contribution in [0.25, 0.3) is 0 Å². The van der Waals surface area contributed by atoms with Gasteiger partial charge < -0.3 is 15.7 Å². The van der Waals surface area contributed by atoms with Crippen molar-refractivity contribution in [2.45, 2.75) is 19.3 Å². The molecule has 25 heavy (non-hydrogen) atoms. The van der Waals surface area contributed by atoms with Gasteiger partial charge in [-0.1, -0.05) is 0 Å². The third-order valence-electron chi connectivity index (χ3n) is 4.18. The number of thiophene rings is 1. The Bertz CT molecular complexity index is 813. The first-order valence-electron chi connectivity index (χ1n) is 7.90. The topological polar surface area (TPSA) is 95.5 Å². The van der Waals surface area contributed by atoms with Gasteiger partial charge in [0.2, 0.25) is 5.91 Å². The molecule has 1 aliphatic carbocycles. The van der Waals surface area contributed by atoms with Crippen LogP contribution in [0.2, 0.25) is 0 Å². The van der Waals surface area contributed by atoms with Crippen LogP contribution in [0, 0.1) is 12.8 Å². The molecule has 1 aromatic carbocycles. The summed E-state index contributed by atoms with van der Waals surface area (Å²) in [5.41, 5.74) is 2.20. The molecule has 3 rings (SSSR count). The normalized spacial score (nSPS) is 18.4. The van der Waals surface area contributed by atoms with Crippen molar-refractivity contribution in [1.82, 2.24) is 5.32 Å². The highest BCUT2D eigenvalue weighted by atomic mass is 32.1. The van der Waals surface area contributed by atoms with Gasteiger partial charge in [0.1, 0.15) is 6.54 Å². The summed E-state index contributed by atoms with van der Waals surface area (Å²) in [6.07, 6.45) is 0.864. The molecule has 0 bridgehead atoms. The summed E-state index contributed by atoms with van der Waals surface area (Å²) in [6.45, 7) is 1.63. The molecule has 2 unspecified atom stereocenters. The van der Waals surface area contributed by atoms with Gasteiger partial charge >= 0.3 is 5.97 Å². The number of hydrogen-bond donors (Lipinski definition) is 3. The van der Waals surface area contributed by atoms with Crippen LogP contribution in [0.15, 0.2) is 35.7 Å². The predicted octanol–water partition coefficient (Wildman–Crippen LogP) is 2.61. The van der Waals surface area contributed by atoms with E-state index in [1.807, 2.05) is 5.38 Å². The second kappa shape index (κ2) is 7.06. The van der Waals surface area contributed by atoms with Crippen molar-refractivity contribution in [2.75, 3.05) is 11.9 Å². The zero-order chi connectivity index (χ0) is 18.0. The minimum atomic E-state index is -1.10. The fourth-order valence-electron chi connectivity index (χ4n) is 2.74. The summed E-state index contributed by atoms with van der Waals surface area (Å²) in [6, 6.07) is 8.46. The number of anilines is 1. The number of carboxylic acids is 1. The number of carboxylic acid groups (broad SMARTS) is 1. The fraction of sp³-hybridized carbons (Fsp3) is 0.278. The van der Waals surface area contributed by atoms with Gasteiger partial charge in [-0.25, -0.2) is 0 Å². The molecular formula is C18H18N2O4S. The maximum Gasteiger partial charge on any atom is 0.322 e. The van der Waals surface area contributed by atoms with Gasteiger partial charge in [0.15, 0.2) is 0 Å². The molecule has 0 spiro atoms. The lowest BCUT2D eigenvalue weighted by Crippen LogP contribution is -2.29. The van der Waals surface area contributed by atoms with E-state index in [9.17, 15) is 14.4 Å². The van der Waals surface area contributed by atoms with Crippen molar-refractivity contribution in [3.8, 4) is 0 Å². The lowest BCUT2D eigenvalue weighted by Gasteiger charge is -2.07. The lowest BCUT2D eigenvalue weighted by molar-refractivity contribution is -0.135. The smallest absolute Gasteiger partial charge is 0.322 e. The van der Waals surface area contributed by atoms with E-state index in [1.165, 1.54) is 10.4 Å². The van der Waals surface area contributed by atoms with Gasteiger partial charge in [-0.3, -0.25) is 14.4 Å². The Morgan fingerprint density at radius 1 is 1.20 bits per heavy atom. The Hall–Kier alpha value is -2.67. The number of amides is 2. The van der Waals surface area contributed by atoms with E-state index < -0.39 is 18.4 Å². The highest BCUT2D eigenvalue weighted by Gasteiger charge is 2.45. The summed E-state index contributed by atoms with van der Waals surface area (Å²) in [7, 11) is 0. The summed E-state index contributed by atoms with van der Waals surface area (Å²) in [5.74, 6) is -1.27. The Balaban J connectivity index is 1.55. The number of carbonyl (C=O) groups is 3.